The number of hydrogen-bond acceptors (Lipinski definition) is 3. The summed E-state index contributed by atoms with van der Waals surface area (Å²) in [6, 6.07) is 13.9. The molecule has 17 heavy (non-hydrogen) atoms. The Labute approximate surface area is 101 Å². The van der Waals surface area contributed by atoms with Gasteiger partial charge in [-0.25, -0.2) is 4.98 Å². The lowest BCUT2D eigenvalue weighted by atomic mass is 10.2. The van der Waals surface area contributed by atoms with Crippen molar-refractivity contribution in [1.82, 2.24) is 4.98 Å². The second-order valence-corrected chi connectivity index (χ2v) is 3.65. The number of hydrogen-bond donors (Lipinski definition) is 1. The number of pyridine rings is 1. The van der Waals surface area contributed by atoms with Gasteiger partial charge in [0.25, 0.3) is 0 Å². The second kappa shape index (κ2) is 5.89. The van der Waals surface area contributed by atoms with Crippen LogP contribution in [-0.2, 0) is 6.54 Å². The summed E-state index contributed by atoms with van der Waals surface area (Å²) < 4.78 is 5.46. The third-order valence-corrected chi connectivity index (χ3v) is 2.35. The van der Waals surface area contributed by atoms with E-state index in [1.807, 2.05) is 43.3 Å². The molecule has 0 unspecified atom stereocenters. The Morgan fingerprint density at radius 2 is 2.12 bits per heavy atom. The normalized spacial score (nSPS) is 9.94. The molecule has 1 aromatic carbocycles. The van der Waals surface area contributed by atoms with Gasteiger partial charge in [0.15, 0.2) is 0 Å². The molecule has 0 aliphatic rings. The van der Waals surface area contributed by atoms with Crippen molar-refractivity contribution in [2.24, 2.45) is 0 Å². The highest BCUT2D eigenvalue weighted by Crippen LogP contribution is 2.14. The van der Waals surface area contributed by atoms with Crippen LogP contribution in [0.4, 0.5) is 5.82 Å². The quantitative estimate of drug-likeness (QED) is 0.853. The lowest BCUT2D eigenvalue weighted by Gasteiger charge is -2.07. The van der Waals surface area contributed by atoms with Gasteiger partial charge in [-0.3, -0.25) is 0 Å². The first-order valence-electron chi connectivity index (χ1n) is 5.75. The van der Waals surface area contributed by atoms with E-state index in [1.54, 1.807) is 6.20 Å². The van der Waals surface area contributed by atoms with Crippen LogP contribution in [0.3, 0.4) is 0 Å². The Hall–Kier alpha value is -2.03. The number of aromatic nitrogens is 1. The molecule has 1 N–H and O–H groups in total. The number of nitrogens with zero attached hydrogens (tertiary/aromatic N) is 1. The van der Waals surface area contributed by atoms with Crippen molar-refractivity contribution in [2.45, 2.75) is 13.5 Å². The minimum Gasteiger partial charge on any atom is -0.494 e. The minimum atomic E-state index is 0.692. The number of nitrogens with one attached hydrogen (secondary N) is 1. The molecule has 0 saturated carbocycles. The fraction of sp³-hybridized carbons (Fsp3) is 0.214. The summed E-state index contributed by atoms with van der Waals surface area (Å²) in [4.78, 5) is 4.21. The molecule has 0 atom stereocenters. The molecule has 3 heteroatoms. The lowest BCUT2D eigenvalue weighted by molar-refractivity contribution is 0.340. The summed E-state index contributed by atoms with van der Waals surface area (Å²) in [5.41, 5.74) is 1.18. The van der Waals surface area contributed by atoms with E-state index in [9.17, 15) is 0 Å². The van der Waals surface area contributed by atoms with E-state index in [-0.39, 0.29) is 0 Å². The third kappa shape index (κ3) is 3.48. The molecule has 1 aromatic heterocycles. The van der Waals surface area contributed by atoms with Crippen LogP contribution in [0.2, 0.25) is 0 Å². The van der Waals surface area contributed by atoms with E-state index in [2.05, 4.69) is 16.4 Å². The summed E-state index contributed by atoms with van der Waals surface area (Å²) in [7, 11) is 0. The number of anilines is 1. The number of ether oxygens (including phenoxy) is 1. The molecule has 3 nitrogen and oxygen atoms in total. The highest BCUT2D eigenvalue weighted by Gasteiger charge is 1.97. The van der Waals surface area contributed by atoms with E-state index in [1.165, 1.54) is 5.56 Å². The first-order valence-corrected chi connectivity index (χ1v) is 5.75. The molecule has 0 amide bonds. The van der Waals surface area contributed by atoms with Gasteiger partial charge in [0.2, 0.25) is 0 Å². The molecule has 0 aliphatic heterocycles. The van der Waals surface area contributed by atoms with Gasteiger partial charge in [0.1, 0.15) is 11.6 Å². The van der Waals surface area contributed by atoms with Crippen molar-refractivity contribution in [2.75, 3.05) is 11.9 Å². The van der Waals surface area contributed by atoms with Crippen molar-refractivity contribution >= 4 is 5.82 Å². The molecule has 2 rings (SSSR count). The summed E-state index contributed by atoms with van der Waals surface area (Å²) >= 11 is 0. The second-order valence-electron chi connectivity index (χ2n) is 3.65. The van der Waals surface area contributed by atoms with Crippen LogP contribution >= 0.6 is 0 Å². The van der Waals surface area contributed by atoms with Crippen LogP contribution < -0.4 is 10.1 Å². The van der Waals surface area contributed by atoms with E-state index in [4.69, 9.17) is 4.74 Å². The maximum atomic E-state index is 5.46. The van der Waals surface area contributed by atoms with Crippen LogP contribution in [-0.4, -0.2) is 11.6 Å². The molecule has 88 valence electrons. The fourth-order valence-electron chi connectivity index (χ4n) is 1.57. The smallest absolute Gasteiger partial charge is 0.126 e. The SMILES string of the molecule is CCOc1cccc(CNc2ccccn2)c1. The fourth-order valence-corrected chi connectivity index (χ4v) is 1.57. The molecule has 0 bridgehead atoms. The zero-order chi connectivity index (χ0) is 11.9. The molecule has 0 fully saturated rings. The van der Waals surface area contributed by atoms with Gasteiger partial charge in [0, 0.05) is 12.7 Å². The van der Waals surface area contributed by atoms with E-state index in [0.29, 0.717) is 6.61 Å². The van der Waals surface area contributed by atoms with Crippen LogP contribution in [0.1, 0.15) is 12.5 Å². The minimum absolute atomic E-state index is 0.692. The Morgan fingerprint density at radius 3 is 2.88 bits per heavy atom. The molecule has 0 saturated heterocycles. The van der Waals surface area contributed by atoms with Crippen LogP contribution in [0.5, 0.6) is 5.75 Å². The molecule has 0 aliphatic carbocycles. The monoisotopic (exact) mass is 228 g/mol. The average Bonchev–Trinajstić information content (AvgIpc) is 2.39. The zero-order valence-corrected chi connectivity index (χ0v) is 9.89. The van der Waals surface area contributed by atoms with Gasteiger partial charge >= 0.3 is 0 Å². The third-order valence-electron chi connectivity index (χ3n) is 2.35. The molecule has 0 spiro atoms. The van der Waals surface area contributed by atoms with Gasteiger partial charge in [-0.15, -0.1) is 0 Å². The van der Waals surface area contributed by atoms with E-state index < -0.39 is 0 Å². The Balaban J connectivity index is 1.97. The standard InChI is InChI=1S/C14H16N2O/c1-2-17-13-7-5-6-12(10-13)11-16-14-8-3-4-9-15-14/h3-10H,2,11H2,1H3,(H,15,16). The van der Waals surface area contributed by atoms with Gasteiger partial charge in [-0.2, -0.15) is 0 Å². The predicted molar refractivity (Wildman–Crippen MR) is 69.2 cm³/mol. The summed E-state index contributed by atoms with van der Waals surface area (Å²) in [6.45, 7) is 3.42. The van der Waals surface area contributed by atoms with E-state index >= 15 is 0 Å². The highest BCUT2D eigenvalue weighted by atomic mass is 16.5. The van der Waals surface area contributed by atoms with Crippen molar-refractivity contribution in [1.29, 1.82) is 0 Å². The van der Waals surface area contributed by atoms with Gasteiger partial charge in [-0.1, -0.05) is 18.2 Å². The van der Waals surface area contributed by atoms with Crippen molar-refractivity contribution in [3.63, 3.8) is 0 Å². The average molecular weight is 228 g/mol. The summed E-state index contributed by atoms with van der Waals surface area (Å²) in [6.07, 6.45) is 1.78. The van der Waals surface area contributed by atoms with Crippen molar-refractivity contribution in [3.8, 4) is 5.75 Å². The summed E-state index contributed by atoms with van der Waals surface area (Å²) in [5.74, 6) is 1.79. The predicted octanol–water partition coefficient (Wildman–Crippen LogP) is 3.09. The number of rotatable bonds is 5. The van der Waals surface area contributed by atoms with Gasteiger partial charge < -0.3 is 10.1 Å². The Bertz CT molecular complexity index is 457. The zero-order valence-electron chi connectivity index (χ0n) is 9.89. The van der Waals surface area contributed by atoms with Crippen molar-refractivity contribution in [3.05, 3.63) is 54.2 Å². The first kappa shape index (κ1) is 11.5. The Morgan fingerprint density at radius 1 is 1.18 bits per heavy atom. The highest BCUT2D eigenvalue weighted by molar-refractivity contribution is 5.36. The van der Waals surface area contributed by atoms with Crippen LogP contribution in [0.15, 0.2) is 48.7 Å². The Kier molecular flexibility index (Phi) is 3.97. The van der Waals surface area contributed by atoms with E-state index in [0.717, 1.165) is 18.1 Å². The van der Waals surface area contributed by atoms with Crippen LogP contribution in [0, 0.1) is 0 Å². The molecular weight excluding hydrogens is 212 g/mol. The molecule has 1 heterocycles. The van der Waals surface area contributed by atoms with Crippen LogP contribution in [0.25, 0.3) is 0 Å². The first-order chi connectivity index (χ1) is 8.38. The van der Waals surface area contributed by atoms with Gasteiger partial charge in [-0.05, 0) is 36.8 Å². The largest absolute Gasteiger partial charge is 0.494 e. The van der Waals surface area contributed by atoms with Gasteiger partial charge in [0.05, 0.1) is 6.61 Å². The molecular formula is C14H16N2O. The lowest BCUT2D eigenvalue weighted by Crippen LogP contribution is -2.01. The molecule has 2 aromatic rings. The summed E-state index contributed by atoms with van der Waals surface area (Å²) in [5, 5.41) is 3.26. The van der Waals surface area contributed by atoms with Crippen molar-refractivity contribution < 1.29 is 4.74 Å². The maximum Gasteiger partial charge on any atom is 0.126 e. The topological polar surface area (TPSA) is 34.1 Å². The number of benzene rings is 1. The maximum absolute atomic E-state index is 5.46. The molecule has 0 radical (unpaired) electrons.